The second-order valence-electron chi connectivity index (χ2n) is 5.70. The molecule has 0 spiro atoms. The minimum atomic E-state index is -3.74. The summed E-state index contributed by atoms with van der Waals surface area (Å²) in [6.07, 6.45) is 1.91. The van der Waals surface area contributed by atoms with Gasteiger partial charge < -0.3 is 0 Å². The number of sulfonamides is 1. The van der Waals surface area contributed by atoms with Crippen LogP contribution in [0.15, 0.2) is 104 Å². The van der Waals surface area contributed by atoms with Crippen LogP contribution in [0.1, 0.15) is 11.1 Å². The van der Waals surface area contributed by atoms with E-state index in [0.717, 1.165) is 16.0 Å². The van der Waals surface area contributed by atoms with Crippen molar-refractivity contribution in [1.29, 1.82) is 0 Å². The van der Waals surface area contributed by atoms with Crippen LogP contribution in [0.4, 0.5) is 0 Å². The highest BCUT2D eigenvalue weighted by Crippen LogP contribution is 2.19. The summed E-state index contributed by atoms with van der Waals surface area (Å²) in [5.41, 5.74) is 2.01. The topological polar surface area (TPSA) is 46.5 Å². The van der Waals surface area contributed by atoms with Gasteiger partial charge >= 0.3 is 0 Å². The Morgan fingerprint density at radius 2 is 1.38 bits per heavy atom. The highest BCUT2D eigenvalue weighted by Gasteiger charge is 2.13. The molecule has 0 aromatic heterocycles. The fourth-order valence-corrected chi connectivity index (χ4v) is 5.36. The van der Waals surface area contributed by atoms with Crippen molar-refractivity contribution in [1.82, 2.24) is 0 Å². The molecule has 0 amide bonds. The normalized spacial score (nSPS) is 13.1. The summed E-state index contributed by atoms with van der Waals surface area (Å²) in [5.74, 6) is 0. The highest BCUT2D eigenvalue weighted by atomic mass is 32.3. The summed E-state index contributed by atoms with van der Waals surface area (Å²) in [6, 6.07) is 26.0. The van der Waals surface area contributed by atoms with Crippen LogP contribution >= 0.6 is 0 Å². The molecule has 3 aromatic rings. The molecule has 0 saturated carbocycles. The Morgan fingerprint density at radius 3 is 2.00 bits per heavy atom. The van der Waals surface area contributed by atoms with E-state index in [0.29, 0.717) is 0 Å². The van der Waals surface area contributed by atoms with Gasteiger partial charge in [0.1, 0.15) is 0 Å². The Morgan fingerprint density at radius 1 is 0.808 bits per heavy atom. The van der Waals surface area contributed by atoms with Crippen LogP contribution in [0.2, 0.25) is 0 Å². The minimum Gasteiger partial charge on any atom is -0.199 e. The molecule has 1 unspecified atom stereocenters. The zero-order valence-electron chi connectivity index (χ0n) is 14.3. The van der Waals surface area contributed by atoms with Gasteiger partial charge in [-0.05, 0) is 58.9 Å². The third-order valence-electron chi connectivity index (χ3n) is 3.67. The van der Waals surface area contributed by atoms with Crippen molar-refractivity contribution in [2.75, 3.05) is 0 Å². The Balaban J connectivity index is 2.04. The summed E-state index contributed by atoms with van der Waals surface area (Å²) in [7, 11) is -4.65. The van der Waals surface area contributed by atoms with E-state index in [2.05, 4.69) is 3.77 Å². The van der Waals surface area contributed by atoms with Gasteiger partial charge in [0.05, 0.1) is 4.90 Å². The van der Waals surface area contributed by atoms with Crippen LogP contribution < -0.4 is 0 Å². The van der Waals surface area contributed by atoms with Crippen LogP contribution in [-0.2, 0) is 20.7 Å². The van der Waals surface area contributed by atoms with Gasteiger partial charge in [-0.3, -0.25) is 0 Å². The molecule has 0 aliphatic carbocycles. The molecule has 0 aliphatic heterocycles. The molecule has 26 heavy (non-hydrogen) atoms. The summed E-state index contributed by atoms with van der Waals surface area (Å²) < 4.78 is 29.7. The van der Waals surface area contributed by atoms with Gasteiger partial charge in [-0.25, -0.2) is 0 Å². The predicted molar refractivity (Wildman–Crippen MR) is 108 cm³/mol. The van der Waals surface area contributed by atoms with Gasteiger partial charge in [0.2, 0.25) is 0 Å². The van der Waals surface area contributed by atoms with E-state index < -0.39 is 20.7 Å². The van der Waals surface area contributed by atoms with Crippen molar-refractivity contribution in [3.63, 3.8) is 0 Å². The summed E-state index contributed by atoms with van der Waals surface area (Å²) in [5, 5.41) is 1.84. The minimum absolute atomic E-state index is 0.213. The standard InChI is InChI=1S/C21H19NO2S2/c1-18-12-14-21(15-13-18)26(23,24)22-25(20-10-6-3-7-11-20)17-16-19-8-4-2-5-9-19/h2-17H,1H3/b17-16+. The van der Waals surface area contributed by atoms with Crippen LogP contribution in [0.5, 0.6) is 0 Å². The largest absolute Gasteiger partial charge is 0.288 e. The van der Waals surface area contributed by atoms with E-state index in [4.69, 9.17) is 0 Å². The Hall–Kier alpha value is -2.50. The predicted octanol–water partition coefficient (Wildman–Crippen LogP) is 5.22. The van der Waals surface area contributed by atoms with Crippen molar-refractivity contribution < 1.29 is 8.42 Å². The average Bonchev–Trinajstić information content (AvgIpc) is 2.67. The van der Waals surface area contributed by atoms with E-state index in [-0.39, 0.29) is 4.90 Å². The van der Waals surface area contributed by atoms with E-state index in [9.17, 15) is 8.42 Å². The van der Waals surface area contributed by atoms with E-state index in [1.807, 2.05) is 79.1 Å². The molecule has 0 N–H and O–H groups in total. The molecule has 1 atom stereocenters. The van der Waals surface area contributed by atoms with Crippen molar-refractivity contribution in [3.05, 3.63) is 101 Å². The first-order valence-corrected chi connectivity index (χ1v) is 10.8. The molecule has 3 aromatic carbocycles. The van der Waals surface area contributed by atoms with Gasteiger partial charge in [0.15, 0.2) is 0 Å². The lowest BCUT2D eigenvalue weighted by molar-refractivity contribution is 0.598. The van der Waals surface area contributed by atoms with Gasteiger partial charge in [-0.1, -0.05) is 66.2 Å². The third-order valence-corrected chi connectivity index (χ3v) is 7.12. The van der Waals surface area contributed by atoms with Crippen molar-refractivity contribution in [3.8, 4) is 0 Å². The first-order chi connectivity index (χ1) is 12.5. The third kappa shape index (κ3) is 4.77. The molecule has 0 aliphatic rings. The molecule has 3 nitrogen and oxygen atoms in total. The first-order valence-electron chi connectivity index (χ1n) is 8.11. The quantitative estimate of drug-likeness (QED) is 0.608. The van der Waals surface area contributed by atoms with Gasteiger partial charge in [0.25, 0.3) is 10.0 Å². The molecule has 0 bridgehead atoms. The molecular formula is C21H19NO2S2. The fraction of sp³-hybridized carbons (Fsp3) is 0.0476. The lowest BCUT2D eigenvalue weighted by Gasteiger charge is -2.05. The zero-order valence-corrected chi connectivity index (χ0v) is 16.0. The Labute approximate surface area is 157 Å². The molecular weight excluding hydrogens is 362 g/mol. The highest BCUT2D eigenvalue weighted by molar-refractivity contribution is 8.01. The SMILES string of the molecule is Cc1ccc(S(=O)(=O)N=S(/C=C/c2ccccc2)c2ccccc2)cc1. The Bertz CT molecular complexity index is 1020. The second kappa shape index (κ2) is 8.25. The maximum atomic E-state index is 12.7. The van der Waals surface area contributed by atoms with Crippen LogP contribution in [0.25, 0.3) is 6.08 Å². The van der Waals surface area contributed by atoms with Crippen LogP contribution in [0, 0.1) is 6.92 Å². The number of benzene rings is 3. The molecule has 5 heteroatoms. The average molecular weight is 382 g/mol. The van der Waals surface area contributed by atoms with Gasteiger partial charge in [0, 0.05) is 4.90 Å². The summed E-state index contributed by atoms with van der Waals surface area (Å²) in [4.78, 5) is 1.07. The maximum absolute atomic E-state index is 12.7. The molecule has 0 heterocycles. The van der Waals surface area contributed by atoms with Crippen molar-refractivity contribution in [2.24, 2.45) is 3.77 Å². The van der Waals surface area contributed by atoms with E-state index in [1.165, 1.54) is 0 Å². The fourth-order valence-electron chi connectivity index (χ4n) is 2.27. The number of hydrogen-bond donors (Lipinski definition) is 0. The molecule has 0 saturated heterocycles. The van der Waals surface area contributed by atoms with Gasteiger partial charge in [-0.2, -0.15) is 8.42 Å². The zero-order chi connectivity index (χ0) is 18.4. The van der Waals surface area contributed by atoms with Crippen LogP contribution in [0.3, 0.4) is 0 Å². The Kier molecular flexibility index (Phi) is 5.81. The second-order valence-corrected chi connectivity index (χ2v) is 9.09. The number of aryl methyl sites for hydroxylation is 1. The smallest absolute Gasteiger partial charge is 0.199 e. The molecule has 0 radical (unpaired) electrons. The number of rotatable bonds is 5. The maximum Gasteiger partial charge on any atom is 0.288 e. The molecule has 132 valence electrons. The lowest BCUT2D eigenvalue weighted by atomic mass is 10.2. The molecule has 3 rings (SSSR count). The first kappa shape index (κ1) is 18.3. The molecule has 0 fully saturated rings. The number of hydrogen-bond acceptors (Lipinski definition) is 2. The van der Waals surface area contributed by atoms with Crippen LogP contribution in [-0.4, -0.2) is 8.42 Å². The van der Waals surface area contributed by atoms with Crippen molar-refractivity contribution in [2.45, 2.75) is 16.7 Å². The van der Waals surface area contributed by atoms with E-state index in [1.54, 1.807) is 24.3 Å². The number of nitrogens with zero attached hydrogens (tertiary/aromatic N) is 1. The lowest BCUT2D eigenvalue weighted by Crippen LogP contribution is -1.99. The van der Waals surface area contributed by atoms with Gasteiger partial charge in [-0.15, -0.1) is 3.77 Å². The summed E-state index contributed by atoms with van der Waals surface area (Å²) >= 11 is 0. The summed E-state index contributed by atoms with van der Waals surface area (Å²) in [6.45, 7) is 1.92. The monoisotopic (exact) mass is 381 g/mol. The van der Waals surface area contributed by atoms with E-state index >= 15 is 0 Å². The van der Waals surface area contributed by atoms with Crippen molar-refractivity contribution >= 4 is 26.8 Å².